The summed E-state index contributed by atoms with van der Waals surface area (Å²) in [4.78, 5) is 22.0. The first kappa shape index (κ1) is 15.5. The SMILES string of the molecule is CC(C)(C)C(NC(=O)OCC(F)(F)F)C(N)=O. The fourth-order valence-electron chi connectivity index (χ4n) is 1.02. The molecule has 2 amide bonds. The molecule has 0 aromatic rings. The van der Waals surface area contributed by atoms with Gasteiger partial charge in [0.25, 0.3) is 0 Å². The zero-order valence-electron chi connectivity index (χ0n) is 9.72. The number of nitrogens with one attached hydrogen (secondary N) is 1. The molecule has 0 spiro atoms. The maximum Gasteiger partial charge on any atom is 0.422 e. The summed E-state index contributed by atoms with van der Waals surface area (Å²) >= 11 is 0. The standard InChI is InChI=1S/C9H15F3N2O3/c1-8(2,3)5(6(13)15)14-7(16)17-4-9(10,11)12/h5H,4H2,1-3H3,(H2,13,15)(H,14,16). The number of carbonyl (C=O) groups is 2. The van der Waals surface area contributed by atoms with Crippen molar-refractivity contribution < 1.29 is 27.5 Å². The van der Waals surface area contributed by atoms with Crippen molar-refractivity contribution in [2.45, 2.75) is 33.0 Å². The number of nitrogens with two attached hydrogens (primary N) is 1. The van der Waals surface area contributed by atoms with Gasteiger partial charge in [0.1, 0.15) is 6.04 Å². The summed E-state index contributed by atoms with van der Waals surface area (Å²) in [6.45, 7) is 3.10. The van der Waals surface area contributed by atoms with E-state index in [1.165, 1.54) is 0 Å². The van der Waals surface area contributed by atoms with E-state index >= 15 is 0 Å². The molecule has 0 aliphatic rings. The third-order valence-electron chi connectivity index (χ3n) is 1.78. The van der Waals surface area contributed by atoms with E-state index in [0.717, 1.165) is 0 Å². The molecule has 0 saturated heterocycles. The molecule has 0 fully saturated rings. The second-order valence-electron chi connectivity index (χ2n) is 4.54. The van der Waals surface area contributed by atoms with Crippen molar-refractivity contribution in [3.05, 3.63) is 0 Å². The molecular weight excluding hydrogens is 241 g/mol. The molecule has 0 rings (SSSR count). The van der Waals surface area contributed by atoms with Crippen molar-refractivity contribution >= 4 is 12.0 Å². The average molecular weight is 256 g/mol. The smallest absolute Gasteiger partial charge is 0.422 e. The Kier molecular flexibility index (Phi) is 4.79. The van der Waals surface area contributed by atoms with Gasteiger partial charge in [0, 0.05) is 0 Å². The fourth-order valence-corrected chi connectivity index (χ4v) is 1.02. The van der Waals surface area contributed by atoms with Gasteiger partial charge in [-0.1, -0.05) is 20.8 Å². The number of primary amides is 1. The van der Waals surface area contributed by atoms with E-state index in [-0.39, 0.29) is 0 Å². The number of alkyl carbamates (subject to hydrolysis) is 1. The predicted molar refractivity (Wildman–Crippen MR) is 53.0 cm³/mol. The van der Waals surface area contributed by atoms with Crippen LogP contribution in [0.5, 0.6) is 0 Å². The summed E-state index contributed by atoms with van der Waals surface area (Å²) in [6.07, 6.45) is -5.94. The van der Waals surface area contributed by atoms with Crippen molar-refractivity contribution in [3.63, 3.8) is 0 Å². The Morgan fingerprint density at radius 3 is 2.06 bits per heavy atom. The Balaban J connectivity index is 4.39. The highest BCUT2D eigenvalue weighted by atomic mass is 19.4. The zero-order chi connectivity index (χ0) is 13.9. The summed E-state index contributed by atoms with van der Waals surface area (Å²) in [6, 6.07) is -1.11. The summed E-state index contributed by atoms with van der Waals surface area (Å²) in [7, 11) is 0. The van der Waals surface area contributed by atoms with E-state index < -0.39 is 36.2 Å². The van der Waals surface area contributed by atoms with Crippen LogP contribution in [0.2, 0.25) is 0 Å². The van der Waals surface area contributed by atoms with Gasteiger partial charge in [-0.2, -0.15) is 13.2 Å². The van der Waals surface area contributed by atoms with Crippen molar-refractivity contribution in [2.24, 2.45) is 11.1 Å². The first-order valence-corrected chi connectivity index (χ1v) is 4.73. The second kappa shape index (κ2) is 5.24. The Morgan fingerprint density at radius 2 is 1.76 bits per heavy atom. The minimum atomic E-state index is -4.61. The number of ether oxygens (including phenoxy) is 1. The van der Waals surface area contributed by atoms with Gasteiger partial charge < -0.3 is 15.8 Å². The van der Waals surface area contributed by atoms with Crippen LogP contribution >= 0.6 is 0 Å². The zero-order valence-corrected chi connectivity index (χ0v) is 9.72. The van der Waals surface area contributed by atoms with E-state index in [1.807, 2.05) is 5.32 Å². The average Bonchev–Trinajstić information content (AvgIpc) is 2.07. The van der Waals surface area contributed by atoms with Gasteiger partial charge in [0.15, 0.2) is 6.61 Å². The topological polar surface area (TPSA) is 81.4 Å². The third kappa shape index (κ3) is 6.64. The molecule has 3 N–H and O–H groups in total. The highest BCUT2D eigenvalue weighted by molar-refractivity contribution is 5.84. The van der Waals surface area contributed by atoms with Crippen LogP contribution in [0.15, 0.2) is 0 Å². The number of hydrogen-bond donors (Lipinski definition) is 2. The lowest BCUT2D eigenvalue weighted by Gasteiger charge is -2.28. The van der Waals surface area contributed by atoms with Crippen LogP contribution in [-0.4, -0.2) is 30.8 Å². The molecule has 5 nitrogen and oxygen atoms in total. The largest absolute Gasteiger partial charge is 0.440 e. The Hall–Kier alpha value is -1.47. The van der Waals surface area contributed by atoms with Crippen LogP contribution in [0.4, 0.5) is 18.0 Å². The molecule has 0 saturated carbocycles. The molecule has 0 bridgehead atoms. The molecule has 100 valence electrons. The summed E-state index contributed by atoms with van der Waals surface area (Å²) < 4.78 is 39.1. The molecule has 0 aromatic heterocycles. The summed E-state index contributed by atoms with van der Waals surface area (Å²) in [5, 5.41) is 1.99. The maximum absolute atomic E-state index is 11.7. The number of hydrogen-bond acceptors (Lipinski definition) is 3. The molecule has 0 aromatic carbocycles. The van der Waals surface area contributed by atoms with Crippen molar-refractivity contribution in [1.29, 1.82) is 0 Å². The first-order chi connectivity index (χ1) is 7.43. The predicted octanol–water partition coefficient (Wildman–Crippen LogP) is 1.17. The lowest BCUT2D eigenvalue weighted by atomic mass is 9.86. The van der Waals surface area contributed by atoms with Crippen molar-refractivity contribution in [3.8, 4) is 0 Å². The number of amides is 2. The quantitative estimate of drug-likeness (QED) is 0.795. The number of alkyl halides is 3. The minimum absolute atomic E-state index is 0.719. The van der Waals surface area contributed by atoms with Crippen LogP contribution in [-0.2, 0) is 9.53 Å². The summed E-state index contributed by atoms with van der Waals surface area (Å²) in [5.41, 5.74) is 4.30. The molecule has 1 unspecified atom stereocenters. The van der Waals surface area contributed by atoms with Crippen molar-refractivity contribution in [2.75, 3.05) is 6.61 Å². The highest BCUT2D eigenvalue weighted by Gasteiger charge is 2.34. The molecular formula is C9H15F3N2O3. The minimum Gasteiger partial charge on any atom is -0.440 e. The monoisotopic (exact) mass is 256 g/mol. The number of rotatable bonds is 3. The van der Waals surface area contributed by atoms with Crippen LogP contribution in [0, 0.1) is 5.41 Å². The second-order valence-corrected chi connectivity index (χ2v) is 4.54. The lowest BCUT2D eigenvalue weighted by Crippen LogP contribution is -2.52. The highest BCUT2D eigenvalue weighted by Crippen LogP contribution is 2.19. The van der Waals surface area contributed by atoms with Gasteiger partial charge in [-0.3, -0.25) is 4.79 Å². The molecule has 0 aliphatic heterocycles. The first-order valence-electron chi connectivity index (χ1n) is 4.73. The maximum atomic E-state index is 11.7. The molecule has 0 aliphatic carbocycles. The Morgan fingerprint density at radius 1 is 1.29 bits per heavy atom. The van der Waals surface area contributed by atoms with Gasteiger partial charge >= 0.3 is 12.3 Å². The third-order valence-corrected chi connectivity index (χ3v) is 1.78. The van der Waals surface area contributed by atoms with Crippen molar-refractivity contribution in [1.82, 2.24) is 5.32 Å². The van der Waals surface area contributed by atoms with E-state index in [2.05, 4.69) is 4.74 Å². The summed E-state index contributed by atoms with van der Waals surface area (Å²) in [5.74, 6) is -0.846. The van der Waals surface area contributed by atoms with Crippen LogP contribution in [0.3, 0.4) is 0 Å². The molecule has 1 atom stereocenters. The number of carbonyl (C=O) groups excluding carboxylic acids is 2. The molecule has 0 radical (unpaired) electrons. The van der Waals surface area contributed by atoms with Gasteiger partial charge in [-0.15, -0.1) is 0 Å². The van der Waals surface area contributed by atoms with Gasteiger partial charge in [0.05, 0.1) is 0 Å². The molecule has 17 heavy (non-hydrogen) atoms. The molecule has 8 heteroatoms. The van der Waals surface area contributed by atoms with Gasteiger partial charge in [-0.25, -0.2) is 4.79 Å². The van der Waals surface area contributed by atoms with Gasteiger partial charge in [-0.05, 0) is 5.41 Å². The Bertz CT molecular complexity index is 297. The normalized spacial score (nSPS) is 14.0. The van der Waals surface area contributed by atoms with E-state index in [1.54, 1.807) is 20.8 Å². The number of halogens is 3. The van der Waals surface area contributed by atoms with Crippen LogP contribution in [0.1, 0.15) is 20.8 Å². The van der Waals surface area contributed by atoms with E-state index in [4.69, 9.17) is 5.73 Å². The fraction of sp³-hybridized carbons (Fsp3) is 0.778. The van der Waals surface area contributed by atoms with Crippen LogP contribution < -0.4 is 11.1 Å². The Labute approximate surface area is 96.5 Å². The van der Waals surface area contributed by atoms with E-state index in [0.29, 0.717) is 0 Å². The van der Waals surface area contributed by atoms with Gasteiger partial charge in [0.2, 0.25) is 5.91 Å². The van der Waals surface area contributed by atoms with E-state index in [9.17, 15) is 22.8 Å². The van der Waals surface area contributed by atoms with Crippen LogP contribution in [0.25, 0.3) is 0 Å². The molecule has 0 heterocycles. The lowest BCUT2D eigenvalue weighted by molar-refractivity contribution is -0.160.